The maximum atomic E-state index is 13.3. The normalized spacial score (nSPS) is 23.0. The summed E-state index contributed by atoms with van der Waals surface area (Å²) in [5.41, 5.74) is 0.657. The number of benzene rings is 1. The van der Waals surface area contributed by atoms with Gasteiger partial charge in [-0.15, -0.1) is 0 Å². The van der Waals surface area contributed by atoms with Crippen LogP contribution in [-0.2, 0) is 14.8 Å². The summed E-state index contributed by atoms with van der Waals surface area (Å²) >= 11 is 0. The Kier molecular flexibility index (Phi) is 7.87. The number of sulfonamides is 1. The lowest BCUT2D eigenvalue weighted by Crippen LogP contribution is -2.49. The van der Waals surface area contributed by atoms with Crippen LogP contribution in [0.25, 0.3) is 0 Å². The molecule has 0 saturated heterocycles. The van der Waals surface area contributed by atoms with Crippen LogP contribution in [0.1, 0.15) is 19.4 Å². The van der Waals surface area contributed by atoms with Gasteiger partial charge in [0.1, 0.15) is 23.4 Å². The van der Waals surface area contributed by atoms with E-state index in [1.54, 1.807) is 26.2 Å². The molecular weight excluding hydrogens is 380 g/mol. The topological polar surface area (TPSA) is 79.3 Å². The van der Waals surface area contributed by atoms with Gasteiger partial charge >= 0.3 is 0 Å². The van der Waals surface area contributed by atoms with Crippen molar-refractivity contribution in [2.75, 3.05) is 47.5 Å². The van der Waals surface area contributed by atoms with Crippen LogP contribution in [0.5, 0.6) is 5.75 Å². The fourth-order valence-electron chi connectivity index (χ4n) is 3.09. The average molecular weight is 411 g/mol. The lowest BCUT2D eigenvalue weighted by Gasteiger charge is -2.37. The zero-order chi connectivity index (χ0) is 20.9. The minimum absolute atomic E-state index is 0.0671. The van der Waals surface area contributed by atoms with E-state index in [9.17, 15) is 13.5 Å². The second-order valence-corrected chi connectivity index (χ2v) is 9.26. The van der Waals surface area contributed by atoms with Crippen molar-refractivity contribution in [2.24, 2.45) is 5.92 Å². The monoisotopic (exact) mass is 410 g/mol. The second-order valence-electron chi connectivity index (χ2n) is 7.40. The molecule has 7 nitrogen and oxygen atoms in total. The van der Waals surface area contributed by atoms with Crippen LogP contribution in [0.3, 0.4) is 0 Å². The third-order valence-corrected chi connectivity index (χ3v) is 6.68. The van der Waals surface area contributed by atoms with Crippen molar-refractivity contribution in [3.05, 3.63) is 23.8 Å². The van der Waals surface area contributed by atoms with Crippen LogP contribution >= 0.6 is 0 Å². The summed E-state index contributed by atoms with van der Waals surface area (Å²) in [6, 6.07) is 4.33. The Morgan fingerprint density at radius 1 is 1.43 bits per heavy atom. The van der Waals surface area contributed by atoms with Gasteiger partial charge in [0.25, 0.3) is 0 Å². The molecule has 1 heterocycles. The molecule has 0 bridgehead atoms. The fraction of sp³-hybridized carbons (Fsp3) is 0.600. The van der Waals surface area contributed by atoms with Crippen LogP contribution in [-0.4, -0.2) is 82.4 Å². The van der Waals surface area contributed by atoms with Crippen molar-refractivity contribution < 1.29 is 23.0 Å². The van der Waals surface area contributed by atoms with Crippen LogP contribution < -0.4 is 4.74 Å². The number of nitrogens with zero attached hydrogens (tertiary/aromatic N) is 2. The maximum Gasteiger partial charge on any atom is 0.247 e. The molecule has 1 N–H and O–H groups in total. The predicted octanol–water partition coefficient (Wildman–Crippen LogP) is 1.01. The van der Waals surface area contributed by atoms with E-state index in [0.717, 1.165) is 0 Å². The fourth-order valence-corrected chi connectivity index (χ4v) is 4.92. The van der Waals surface area contributed by atoms with Gasteiger partial charge in [0.2, 0.25) is 10.0 Å². The highest BCUT2D eigenvalue weighted by atomic mass is 32.2. The van der Waals surface area contributed by atoms with E-state index in [4.69, 9.17) is 9.47 Å². The zero-order valence-corrected chi connectivity index (χ0v) is 18.0. The van der Waals surface area contributed by atoms with Gasteiger partial charge < -0.3 is 19.5 Å². The van der Waals surface area contributed by atoms with E-state index in [2.05, 4.69) is 11.8 Å². The first-order valence-electron chi connectivity index (χ1n) is 9.26. The van der Waals surface area contributed by atoms with Crippen LogP contribution in [0.2, 0.25) is 0 Å². The van der Waals surface area contributed by atoms with Crippen molar-refractivity contribution in [3.63, 3.8) is 0 Å². The smallest absolute Gasteiger partial charge is 0.247 e. The lowest BCUT2D eigenvalue weighted by molar-refractivity contribution is 0.0812. The number of aliphatic hydroxyl groups is 1. The molecule has 0 aromatic heterocycles. The Morgan fingerprint density at radius 3 is 2.75 bits per heavy atom. The molecule has 0 saturated carbocycles. The summed E-state index contributed by atoms with van der Waals surface area (Å²) < 4.78 is 39.1. The van der Waals surface area contributed by atoms with Crippen LogP contribution in [0.4, 0.5) is 0 Å². The number of hydrogen-bond donors (Lipinski definition) is 1. The SMILES string of the molecule is COCC#Cc1ccc2c(c1)O[C@H](CN(C)C)[C@H](C)CN([C@H](C)CO)S2(=O)=O. The summed E-state index contributed by atoms with van der Waals surface area (Å²) in [6.07, 6.45) is -0.208. The number of aliphatic hydroxyl groups excluding tert-OH is 1. The Hall–Kier alpha value is -1.63. The zero-order valence-electron chi connectivity index (χ0n) is 17.2. The van der Waals surface area contributed by atoms with E-state index in [1.807, 2.05) is 25.9 Å². The molecule has 0 amide bonds. The van der Waals surface area contributed by atoms with Gasteiger partial charge in [-0.1, -0.05) is 18.8 Å². The Labute approximate surface area is 168 Å². The van der Waals surface area contributed by atoms with E-state index in [1.165, 1.54) is 10.4 Å². The first-order chi connectivity index (χ1) is 13.2. The largest absolute Gasteiger partial charge is 0.487 e. The van der Waals surface area contributed by atoms with Gasteiger partial charge in [0, 0.05) is 37.7 Å². The highest BCUT2D eigenvalue weighted by Crippen LogP contribution is 2.34. The van der Waals surface area contributed by atoms with E-state index in [0.29, 0.717) is 18.7 Å². The van der Waals surface area contributed by atoms with Gasteiger partial charge in [-0.25, -0.2) is 8.42 Å². The molecule has 0 radical (unpaired) electrons. The van der Waals surface area contributed by atoms with Gasteiger partial charge in [-0.05, 0) is 39.2 Å². The summed E-state index contributed by atoms with van der Waals surface area (Å²) in [5.74, 6) is 6.05. The quantitative estimate of drug-likeness (QED) is 0.730. The highest BCUT2D eigenvalue weighted by molar-refractivity contribution is 7.89. The van der Waals surface area contributed by atoms with E-state index < -0.39 is 16.1 Å². The minimum Gasteiger partial charge on any atom is -0.487 e. The number of hydrogen-bond acceptors (Lipinski definition) is 6. The van der Waals surface area contributed by atoms with Gasteiger partial charge in [0.15, 0.2) is 0 Å². The molecule has 2 rings (SSSR count). The highest BCUT2D eigenvalue weighted by Gasteiger charge is 2.37. The maximum absolute atomic E-state index is 13.3. The van der Waals surface area contributed by atoms with Crippen LogP contribution in [0.15, 0.2) is 23.1 Å². The molecule has 0 spiro atoms. The van der Waals surface area contributed by atoms with Crippen molar-refractivity contribution in [1.29, 1.82) is 0 Å². The van der Waals surface area contributed by atoms with Gasteiger partial charge in [0.05, 0.1) is 6.61 Å². The first kappa shape index (κ1) is 22.7. The Balaban J connectivity index is 2.57. The molecular formula is C20H30N2O5S. The Morgan fingerprint density at radius 2 is 2.14 bits per heavy atom. The van der Waals surface area contributed by atoms with Crippen molar-refractivity contribution in [3.8, 4) is 17.6 Å². The predicted molar refractivity (Wildman–Crippen MR) is 108 cm³/mol. The second kappa shape index (κ2) is 9.72. The van der Waals surface area contributed by atoms with E-state index in [-0.39, 0.29) is 35.8 Å². The number of rotatable bonds is 5. The van der Waals surface area contributed by atoms with E-state index >= 15 is 0 Å². The molecule has 3 atom stereocenters. The standard InChI is InChI=1S/C20H30N2O5S/c1-15-12-22(16(2)14-23)28(24,25)20-9-8-17(7-6-10-26-5)11-18(20)27-19(15)13-21(3)4/h8-9,11,15-16,19,23H,10,12-14H2,1-5H3/t15-,16-,19-/m1/s1. The number of likely N-dealkylation sites (N-methyl/N-ethyl adjacent to an activating group) is 1. The number of fused-ring (bicyclic) bond motifs is 1. The summed E-state index contributed by atoms with van der Waals surface area (Å²) in [7, 11) is 1.65. The molecule has 28 heavy (non-hydrogen) atoms. The molecule has 1 aliphatic heterocycles. The van der Waals surface area contributed by atoms with Crippen molar-refractivity contribution >= 4 is 10.0 Å². The third kappa shape index (κ3) is 5.25. The molecule has 1 aromatic carbocycles. The van der Waals surface area contributed by atoms with Gasteiger partial charge in [-0.3, -0.25) is 0 Å². The minimum atomic E-state index is -3.82. The first-order valence-corrected chi connectivity index (χ1v) is 10.7. The van der Waals surface area contributed by atoms with Gasteiger partial charge in [-0.2, -0.15) is 4.31 Å². The summed E-state index contributed by atoms with van der Waals surface area (Å²) in [5, 5.41) is 9.62. The molecule has 8 heteroatoms. The van der Waals surface area contributed by atoms with Crippen LogP contribution in [0, 0.1) is 17.8 Å². The summed E-state index contributed by atoms with van der Waals surface area (Å²) in [6.45, 7) is 4.63. The average Bonchev–Trinajstić information content (AvgIpc) is 2.63. The molecule has 156 valence electrons. The molecule has 0 aliphatic carbocycles. The molecule has 1 aromatic rings. The molecule has 1 aliphatic rings. The number of methoxy groups -OCH3 is 1. The molecule has 0 unspecified atom stereocenters. The third-order valence-electron chi connectivity index (χ3n) is 4.66. The number of ether oxygens (including phenoxy) is 2. The molecule has 0 fully saturated rings. The summed E-state index contributed by atoms with van der Waals surface area (Å²) in [4.78, 5) is 2.11. The lowest BCUT2D eigenvalue weighted by atomic mass is 10.0. The Bertz CT molecular complexity index is 829. The van der Waals surface area contributed by atoms with Crippen molar-refractivity contribution in [1.82, 2.24) is 9.21 Å². The van der Waals surface area contributed by atoms with Crippen molar-refractivity contribution in [2.45, 2.75) is 30.9 Å².